The van der Waals surface area contributed by atoms with Gasteiger partial charge in [0.05, 0.1) is 5.70 Å². The minimum Gasteiger partial charge on any atom is -0.360 e. The van der Waals surface area contributed by atoms with Gasteiger partial charge in [0.25, 0.3) is 0 Å². The van der Waals surface area contributed by atoms with E-state index in [0.29, 0.717) is 0 Å². The van der Waals surface area contributed by atoms with Crippen LogP contribution in [0.2, 0.25) is 0 Å². The van der Waals surface area contributed by atoms with Gasteiger partial charge < -0.3 is 10.6 Å². The first-order valence-corrected chi connectivity index (χ1v) is 6.23. The second-order valence-corrected chi connectivity index (χ2v) is 4.78. The molecule has 1 aliphatic heterocycles. The van der Waals surface area contributed by atoms with Crippen molar-refractivity contribution in [2.24, 2.45) is 0 Å². The molecule has 1 heterocycles. The molecule has 94 valence electrons. The second kappa shape index (κ2) is 5.13. The molecule has 1 aliphatic rings. The van der Waals surface area contributed by atoms with Crippen LogP contribution in [0.3, 0.4) is 0 Å². The summed E-state index contributed by atoms with van der Waals surface area (Å²) in [6.07, 6.45) is 4.24. The molecule has 0 radical (unpaired) electrons. The van der Waals surface area contributed by atoms with Crippen LogP contribution in [0, 0.1) is 6.92 Å². The lowest BCUT2D eigenvalue weighted by Gasteiger charge is -2.22. The van der Waals surface area contributed by atoms with Crippen LogP contribution in [-0.2, 0) is 0 Å². The fourth-order valence-corrected chi connectivity index (χ4v) is 1.86. The van der Waals surface area contributed by atoms with Crippen LogP contribution in [-0.4, -0.2) is 0 Å². The minimum absolute atomic E-state index is 1.12. The molecule has 18 heavy (non-hydrogen) atoms. The van der Waals surface area contributed by atoms with Gasteiger partial charge in [0.2, 0.25) is 0 Å². The summed E-state index contributed by atoms with van der Waals surface area (Å²) in [5, 5.41) is 6.78. The van der Waals surface area contributed by atoms with Gasteiger partial charge in [0.15, 0.2) is 0 Å². The Morgan fingerprint density at radius 1 is 0.722 bits per heavy atom. The zero-order chi connectivity index (χ0) is 13.1. The lowest BCUT2D eigenvalue weighted by Crippen LogP contribution is -2.26. The number of aryl methyl sites for hydroxylation is 1. The Bertz CT molecular complexity index is 531. The van der Waals surface area contributed by atoms with E-state index in [1.807, 2.05) is 0 Å². The Labute approximate surface area is 109 Å². The normalized spacial score (nSPS) is 16.0. The van der Waals surface area contributed by atoms with Gasteiger partial charge in [0.1, 0.15) is 0 Å². The first-order valence-electron chi connectivity index (χ1n) is 6.23. The van der Waals surface area contributed by atoms with Crippen molar-refractivity contribution in [2.45, 2.75) is 27.7 Å². The van der Waals surface area contributed by atoms with E-state index in [1.165, 1.54) is 22.5 Å². The average Bonchev–Trinajstić information content (AvgIpc) is 2.34. The maximum Gasteiger partial charge on any atom is 0.0575 e. The highest BCUT2D eigenvalue weighted by Crippen LogP contribution is 2.14. The van der Waals surface area contributed by atoms with E-state index in [9.17, 15) is 0 Å². The smallest absolute Gasteiger partial charge is 0.0575 e. The van der Waals surface area contributed by atoms with Crippen LogP contribution < -0.4 is 10.6 Å². The van der Waals surface area contributed by atoms with Crippen molar-refractivity contribution in [3.63, 3.8) is 0 Å². The number of nitrogens with one attached hydrogen (secondary N) is 2. The Balaban J connectivity index is 2.15. The Kier molecular flexibility index (Phi) is 3.56. The van der Waals surface area contributed by atoms with Gasteiger partial charge in [0, 0.05) is 17.1 Å². The summed E-state index contributed by atoms with van der Waals surface area (Å²) in [7, 11) is 0. The van der Waals surface area contributed by atoms with Crippen molar-refractivity contribution in [1.29, 1.82) is 0 Å². The molecule has 0 bridgehead atoms. The third-order valence-corrected chi connectivity index (χ3v) is 3.18. The first-order chi connectivity index (χ1) is 8.56. The van der Waals surface area contributed by atoms with E-state index < -0.39 is 0 Å². The summed E-state index contributed by atoms with van der Waals surface area (Å²) in [6, 6.07) is 8.52. The monoisotopic (exact) mass is 240 g/mol. The maximum absolute atomic E-state index is 3.41. The fraction of sp³-hybridized carbons (Fsp3) is 0.250. The fourth-order valence-electron chi connectivity index (χ4n) is 1.86. The van der Waals surface area contributed by atoms with E-state index in [0.717, 1.165) is 11.4 Å². The summed E-state index contributed by atoms with van der Waals surface area (Å²) in [6.45, 7) is 8.34. The van der Waals surface area contributed by atoms with Crippen molar-refractivity contribution < 1.29 is 0 Å². The Morgan fingerprint density at radius 3 is 2.00 bits per heavy atom. The SMILES string of the molecule is CC1=C(C)NC(/C=C/c2ccc(C)cc2)=C(C)N1. The molecule has 1 aromatic carbocycles. The summed E-state index contributed by atoms with van der Waals surface area (Å²) in [4.78, 5) is 0. The molecular formula is C16H20N2. The molecule has 0 saturated carbocycles. The lowest BCUT2D eigenvalue weighted by molar-refractivity contribution is 0.804. The molecule has 0 fully saturated rings. The van der Waals surface area contributed by atoms with Crippen LogP contribution >= 0.6 is 0 Å². The molecule has 2 heteroatoms. The highest BCUT2D eigenvalue weighted by Gasteiger charge is 2.08. The second-order valence-electron chi connectivity index (χ2n) is 4.78. The molecular weight excluding hydrogens is 220 g/mol. The van der Waals surface area contributed by atoms with Gasteiger partial charge in [-0.15, -0.1) is 0 Å². The molecule has 2 nitrogen and oxygen atoms in total. The minimum atomic E-state index is 1.12. The van der Waals surface area contributed by atoms with Crippen molar-refractivity contribution in [1.82, 2.24) is 10.6 Å². The van der Waals surface area contributed by atoms with Crippen molar-refractivity contribution in [3.05, 3.63) is 64.3 Å². The Hall–Kier alpha value is -1.96. The van der Waals surface area contributed by atoms with Crippen molar-refractivity contribution in [3.8, 4) is 0 Å². The number of hydrogen-bond donors (Lipinski definition) is 2. The molecule has 2 N–H and O–H groups in total. The van der Waals surface area contributed by atoms with Crippen molar-refractivity contribution in [2.75, 3.05) is 0 Å². The van der Waals surface area contributed by atoms with Gasteiger partial charge in [-0.1, -0.05) is 35.9 Å². The highest BCUT2D eigenvalue weighted by atomic mass is 15.0. The molecule has 2 rings (SSSR count). The van der Waals surface area contributed by atoms with Gasteiger partial charge >= 0.3 is 0 Å². The quantitative estimate of drug-likeness (QED) is 0.824. The molecule has 0 amide bonds. The summed E-state index contributed by atoms with van der Waals surface area (Å²) < 4.78 is 0. The molecule has 0 spiro atoms. The number of benzene rings is 1. The highest BCUT2D eigenvalue weighted by molar-refractivity contribution is 5.54. The molecule has 0 aliphatic carbocycles. The van der Waals surface area contributed by atoms with Gasteiger partial charge in [-0.05, 0) is 39.3 Å². The summed E-state index contributed by atoms with van der Waals surface area (Å²) in [5.41, 5.74) is 7.13. The van der Waals surface area contributed by atoms with Crippen LogP contribution in [0.1, 0.15) is 31.9 Å². The predicted octanol–water partition coefficient (Wildman–Crippen LogP) is 3.68. The zero-order valence-corrected chi connectivity index (χ0v) is 11.5. The molecule has 1 aromatic rings. The van der Waals surface area contributed by atoms with E-state index >= 15 is 0 Å². The van der Waals surface area contributed by atoms with Gasteiger partial charge in [-0.2, -0.15) is 0 Å². The van der Waals surface area contributed by atoms with Crippen LogP contribution in [0.4, 0.5) is 0 Å². The predicted molar refractivity (Wildman–Crippen MR) is 77.6 cm³/mol. The van der Waals surface area contributed by atoms with Crippen molar-refractivity contribution >= 4 is 6.08 Å². The average molecular weight is 240 g/mol. The molecule has 0 saturated heterocycles. The van der Waals surface area contributed by atoms with Crippen LogP contribution in [0.25, 0.3) is 6.08 Å². The van der Waals surface area contributed by atoms with Crippen LogP contribution in [0.15, 0.2) is 53.1 Å². The topological polar surface area (TPSA) is 24.1 Å². The number of rotatable bonds is 2. The van der Waals surface area contributed by atoms with E-state index in [1.54, 1.807) is 0 Å². The standard InChI is InChI=1S/C16H20N2/c1-11-5-7-15(8-6-11)9-10-16-14(4)17-12(2)13(3)18-16/h5-10,17-18H,1-4H3/b10-9+. The summed E-state index contributed by atoms with van der Waals surface area (Å²) >= 11 is 0. The van der Waals surface area contributed by atoms with Crippen LogP contribution in [0.5, 0.6) is 0 Å². The first kappa shape index (κ1) is 12.5. The van der Waals surface area contributed by atoms with Gasteiger partial charge in [-0.3, -0.25) is 0 Å². The van der Waals surface area contributed by atoms with E-state index in [2.05, 4.69) is 74.7 Å². The lowest BCUT2D eigenvalue weighted by atomic mass is 10.1. The van der Waals surface area contributed by atoms with Gasteiger partial charge in [-0.25, -0.2) is 0 Å². The number of allylic oxidation sites excluding steroid dienone is 4. The summed E-state index contributed by atoms with van der Waals surface area (Å²) in [5.74, 6) is 0. The maximum atomic E-state index is 3.41. The van der Waals surface area contributed by atoms with E-state index in [4.69, 9.17) is 0 Å². The molecule has 0 atom stereocenters. The molecule has 0 aromatic heterocycles. The Morgan fingerprint density at radius 2 is 1.33 bits per heavy atom. The third-order valence-electron chi connectivity index (χ3n) is 3.18. The zero-order valence-electron chi connectivity index (χ0n) is 11.5. The van der Waals surface area contributed by atoms with E-state index in [-0.39, 0.29) is 0 Å². The largest absolute Gasteiger partial charge is 0.360 e. The molecule has 0 unspecified atom stereocenters. The third kappa shape index (κ3) is 2.83. The number of hydrogen-bond acceptors (Lipinski definition) is 2.